The highest BCUT2D eigenvalue weighted by Gasteiger charge is 2.03. The second kappa shape index (κ2) is 7.73. The number of nitrogens with one attached hydrogen (secondary N) is 1. The summed E-state index contributed by atoms with van der Waals surface area (Å²) in [4.78, 5) is 0. The van der Waals surface area contributed by atoms with Crippen molar-refractivity contribution in [2.24, 2.45) is 0 Å². The largest absolute Gasteiger partial charge is 0.374 e. The molecule has 0 spiro atoms. The summed E-state index contributed by atoms with van der Waals surface area (Å²) in [5.74, 6) is 0. The van der Waals surface area contributed by atoms with Gasteiger partial charge in [-0.05, 0) is 26.4 Å². The van der Waals surface area contributed by atoms with Crippen LogP contribution in [-0.2, 0) is 17.8 Å². The van der Waals surface area contributed by atoms with Crippen LogP contribution in [0.25, 0.3) is 0 Å². The highest BCUT2D eigenvalue weighted by Crippen LogP contribution is 2.12. The van der Waals surface area contributed by atoms with Crippen LogP contribution in [0.3, 0.4) is 0 Å². The maximum absolute atomic E-state index is 5.27. The molecule has 1 N–H and O–H groups in total. The van der Waals surface area contributed by atoms with Crippen molar-refractivity contribution in [3.05, 3.63) is 10.0 Å². The molecule has 0 aromatic carbocycles. The first-order valence-corrected chi connectivity index (χ1v) is 6.28. The summed E-state index contributed by atoms with van der Waals surface area (Å²) in [7, 11) is 0. The lowest BCUT2D eigenvalue weighted by molar-refractivity contribution is 0.133. The first-order valence-electron chi connectivity index (χ1n) is 5.46. The van der Waals surface area contributed by atoms with Crippen LogP contribution in [0.5, 0.6) is 0 Å². The van der Waals surface area contributed by atoms with Gasteiger partial charge < -0.3 is 10.1 Å². The molecule has 0 radical (unpaired) electrons. The Kier molecular flexibility index (Phi) is 6.47. The fourth-order valence-corrected chi connectivity index (χ4v) is 2.00. The van der Waals surface area contributed by atoms with Crippen LogP contribution < -0.4 is 5.32 Å². The summed E-state index contributed by atoms with van der Waals surface area (Å²) in [6.07, 6.45) is 2.13. The monoisotopic (exact) mass is 229 g/mol. The molecule has 5 heteroatoms. The third-order valence-electron chi connectivity index (χ3n) is 1.93. The van der Waals surface area contributed by atoms with Gasteiger partial charge in [0.25, 0.3) is 0 Å². The van der Waals surface area contributed by atoms with Crippen molar-refractivity contribution in [1.29, 1.82) is 0 Å². The minimum Gasteiger partial charge on any atom is -0.374 e. The lowest BCUT2D eigenvalue weighted by atomic mass is 10.3. The van der Waals surface area contributed by atoms with Gasteiger partial charge in [-0.3, -0.25) is 0 Å². The minimum atomic E-state index is 0.599. The van der Waals surface area contributed by atoms with Crippen LogP contribution >= 0.6 is 11.3 Å². The van der Waals surface area contributed by atoms with E-state index in [2.05, 4.69) is 22.4 Å². The number of ether oxygens (including phenoxy) is 1. The molecule has 4 nitrogen and oxygen atoms in total. The molecule has 0 saturated carbocycles. The fraction of sp³-hybridized carbons (Fsp3) is 0.800. The first-order chi connectivity index (χ1) is 7.36. The van der Waals surface area contributed by atoms with E-state index in [-0.39, 0.29) is 0 Å². The van der Waals surface area contributed by atoms with Gasteiger partial charge in [0.2, 0.25) is 0 Å². The van der Waals surface area contributed by atoms with Crippen LogP contribution in [0.1, 0.15) is 30.3 Å². The average Bonchev–Trinajstić information content (AvgIpc) is 2.69. The predicted molar refractivity (Wildman–Crippen MR) is 62.1 cm³/mol. The topological polar surface area (TPSA) is 47.0 Å². The molecule has 0 aliphatic rings. The Hall–Kier alpha value is -0.520. The number of hydrogen-bond acceptors (Lipinski definition) is 5. The summed E-state index contributed by atoms with van der Waals surface area (Å²) in [5, 5.41) is 13.6. The van der Waals surface area contributed by atoms with E-state index >= 15 is 0 Å². The summed E-state index contributed by atoms with van der Waals surface area (Å²) in [6.45, 7) is 7.52. The molecule has 0 unspecified atom stereocenters. The molecule has 0 saturated heterocycles. The van der Waals surface area contributed by atoms with Gasteiger partial charge in [-0.1, -0.05) is 18.3 Å². The van der Waals surface area contributed by atoms with Crippen LogP contribution in [0, 0.1) is 0 Å². The molecule has 86 valence electrons. The minimum absolute atomic E-state index is 0.599. The van der Waals surface area contributed by atoms with Crippen molar-refractivity contribution >= 4 is 11.3 Å². The van der Waals surface area contributed by atoms with Crippen molar-refractivity contribution in [2.75, 3.05) is 19.7 Å². The van der Waals surface area contributed by atoms with E-state index in [1.807, 2.05) is 6.92 Å². The fourth-order valence-electron chi connectivity index (χ4n) is 1.18. The van der Waals surface area contributed by atoms with Crippen molar-refractivity contribution in [1.82, 2.24) is 15.5 Å². The summed E-state index contributed by atoms with van der Waals surface area (Å²) in [6, 6.07) is 0. The molecule has 1 aromatic heterocycles. The number of hydrogen-bond donors (Lipinski definition) is 1. The van der Waals surface area contributed by atoms with E-state index in [9.17, 15) is 0 Å². The predicted octanol–water partition coefficient (Wildman–Crippen LogP) is 1.62. The zero-order chi connectivity index (χ0) is 10.9. The molecule has 0 aliphatic heterocycles. The Labute approximate surface area is 95.1 Å². The second-order valence-electron chi connectivity index (χ2n) is 3.18. The van der Waals surface area contributed by atoms with Crippen LogP contribution in [-0.4, -0.2) is 29.9 Å². The van der Waals surface area contributed by atoms with Gasteiger partial charge in [-0.15, -0.1) is 10.2 Å². The summed E-state index contributed by atoms with van der Waals surface area (Å²) in [5.41, 5.74) is 0. The summed E-state index contributed by atoms with van der Waals surface area (Å²) < 4.78 is 5.27. The van der Waals surface area contributed by atoms with E-state index in [0.29, 0.717) is 6.61 Å². The van der Waals surface area contributed by atoms with Crippen molar-refractivity contribution in [2.45, 2.75) is 33.3 Å². The molecule has 1 aromatic rings. The van der Waals surface area contributed by atoms with Gasteiger partial charge in [-0.25, -0.2) is 0 Å². The maximum atomic E-state index is 5.27. The van der Waals surface area contributed by atoms with Gasteiger partial charge in [0.05, 0.1) is 0 Å². The van der Waals surface area contributed by atoms with Crippen molar-refractivity contribution in [3.8, 4) is 0 Å². The van der Waals surface area contributed by atoms with Gasteiger partial charge in [0, 0.05) is 13.0 Å². The highest BCUT2D eigenvalue weighted by molar-refractivity contribution is 7.11. The highest BCUT2D eigenvalue weighted by atomic mass is 32.1. The zero-order valence-corrected chi connectivity index (χ0v) is 10.3. The molecule has 1 rings (SSSR count). The number of nitrogens with zero attached hydrogens (tertiary/aromatic N) is 2. The zero-order valence-electron chi connectivity index (χ0n) is 9.45. The number of aromatic nitrogens is 2. The van der Waals surface area contributed by atoms with Gasteiger partial charge in [0.15, 0.2) is 0 Å². The van der Waals surface area contributed by atoms with Gasteiger partial charge >= 0.3 is 0 Å². The molecule has 0 bridgehead atoms. The third-order valence-corrected chi connectivity index (χ3v) is 2.89. The summed E-state index contributed by atoms with van der Waals surface area (Å²) >= 11 is 1.66. The first kappa shape index (κ1) is 12.5. The Morgan fingerprint density at radius 2 is 2.07 bits per heavy atom. The van der Waals surface area contributed by atoms with E-state index in [1.165, 1.54) is 0 Å². The lowest BCUT2D eigenvalue weighted by Gasteiger charge is -1.97. The molecule has 15 heavy (non-hydrogen) atoms. The van der Waals surface area contributed by atoms with Crippen LogP contribution in [0.2, 0.25) is 0 Å². The number of rotatable bonds is 8. The average molecular weight is 229 g/mol. The van der Waals surface area contributed by atoms with Crippen molar-refractivity contribution in [3.63, 3.8) is 0 Å². The number of aryl methyl sites for hydroxylation is 1. The molecule has 0 atom stereocenters. The Morgan fingerprint density at radius 1 is 1.27 bits per heavy atom. The molecule has 0 amide bonds. The molecular weight excluding hydrogens is 210 g/mol. The Balaban J connectivity index is 2.20. The molecular formula is C10H19N3OS. The normalized spacial score (nSPS) is 10.8. The van der Waals surface area contributed by atoms with Gasteiger partial charge in [0.1, 0.15) is 16.6 Å². The molecule has 0 fully saturated rings. The second-order valence-corrected chi connectivity index (χ2v) is 4.33. The van der Waals surface area contributed by atoms with E-state index in [1.54, 1.807) is 11.3 Å². The maximum Gasteiger partial charge on any atom is 0.143 e. The van der Waals surface area contributed by atoms with E-state index in [4.69, 9.17) is 4.74 Å². The van der Waals surface area contributed by atoms with E-state index < -0.39 is 0 Å². The standard InChI is InChI=1S/C10H19N3OS/c1-3-11-7-5-6-9-12-13-10(15-9)8-14-4-2/h11H,3-8H2,1-2H3. The third kappa shape index (κ3) is 5.20. The van der Waals surface area contributed by atoms with Gasteiger partial charge in [-0.2, -0.15) is 0 Å². The lowest BCUT2D eigenvalue weighted by Crippen LogP contribution is -2.14. The van der Waals surface area contributed by atoms with Crippen LogP contribution in [0.4, 0.5) is 0 Å². The molecule has 0 aliphatic carbocycles. The smallest absolute Gasteiger partial charge is 0.143 e. The molecule has 1 heterocycles. The SMILES string of the molecule is CCNCCCc1nnc(COCC)s1. The van der Waals surface area contributed by atoms with Crippen molar-refractivity contribution < 1.29 is 4.74 Å². The van der Waals surface area contributed by atoms with Crippen LogP contribution in [0.15, 0.2) is 0 Å². The van der Waals surface area contributed by atoms with E-state index in [0.717, 1.165) is 42.6 Å². The Morgan fingerprint density at radius 3 is 2.80 bits per heavy atom. The Bertz CT molecular complexity index is 265. The quantitative estimate of drug-likeness (QED) is 0.688.